The third-order valence-electron chi connectivity index (χ3n) is 2.88. The van der Waals surface area contributed by atoms with Crippen LogP contribution in [0.4, 0.5) is 0 Å². The number of nitrogens with two attached hydrogens (primary N) is 1. The van der Waals surface area contributed by atoms with Crippen LogP contribution in [0.5, 0.6) is 5.75 Å². The van der Waals surface area contributed by atoms with Gasteiger partial charge in [0.2, 0.25) is 0 Å². The van der Waals surface area contributed by atoms with Crippen molar-refractivity contribution in [2.75, 3.05) is 0 Å². The van der Waals surface area contributed by atoms with Gasteiger partial charge in [-0.25, -0.2) is 0 Å². The van der Waals surface area contributed by atoms with Gasteiger partial charge in [0.1, 0.15) is 5.75 Å². The van der Waals surface area contributed by atoms with Crippen LogP contribution in [0.25, 0.3) is 0 Å². The van der Waals surface area contributed by atoms with Crippen LogP contribution in [0, 0.1) is 0 Å². The SMILES string of the molecule is CCCCCCC(C)Oc1cnccc1CN. The number of pyridine rings is 1. The van der Waals surface area contributed by atoms with E-state index in [-0.39, 0.29) is 6.10 Å². The van der Waals surface area contributed by atoms with Gasteiger partial charge >= 0.3 is 0 Å². The maximum atomic E-state index is 5.87. The van der Waals surface area contributed by atoms with E-state index in [9.17, 15) is 0 Å². The van der Waals surface area contributed by atoms with Crippen LogP contribution in [0.1, 0.15) is 51.5 Å². The Hall–Kier alpha value is -1.09. The fourth-order valence-corrected chi connectivity index (χ4v) is 1.82. The molecule has 0 bridgehead atoms. The lowest BCUT2D eigenvalue weighted by Crippen LogP contribution is -2.13. The average Bonchev–Trinajstić information content (AvgIpc) is 2.35. The minimum absolute atomic E-state index is 0.237. The van der Waals surface area contributed by atoms with Gasteiger partial charge in [-0.15, -0.1) is 0 Å². The van der Waals surface area contributed by atoms with Crippen molar-refractivity contribution >= 4 is 0 Å². The lowest BCUT2D eigenvalue weighted by Gasteiger charge is -2.16. The molecule has 2 N–H and O–H groups in total. The Morgan fingerprint density at radius 2 is 2.18 bits per heavy atom. The third kappa shape index (κ3) is 5.18. The van der Waals surface area contributed by atoms with E-state index < -0.39 is 0 Å². The molecule has 1 atom stereocenters. The van der Waals surface area contributed by atoms with E-state index in [2.05, 4.69) is 18.8 Å². The first-order valence-electron chi connectivity index (χ1n) is 6.57. The van der Waals surface area contributed by atoms with Crippen molar-refractivity contribution in [3.8, 4) is 5.75 Å². The van der Waals surface area contributed by atoms with Crippen LogP contribution in [-0.4, -0.2) is 11.1 Å². The largest absolute Gasteiger partial charge is 0.489 e. The van der Waals surface area contributed by atoms with Gasteiger partial charge in [0.25, 0.3) is 0 Å². The topological polar surface area (TPSA) is 48.1 Å². The Morgan fingerprint density at radius 1 is 1.35 bits per heavy atom. The molecule has 0 aliphatic carbocycles. The molecule has 3 heteroatoms. The predicted octanol–water partition coefficient (Wildman–Crippen LogP) is 3.28. The van der Waals surface area contributed by atoms with Crippen molar-refractivity contribution in [2.45, 2.75) is 58.6 Å². The average molecular weight is 236 g/mol. The number of aromatic nitrogens is 1. The van der Waals surface area contributed by atoms with Crippen molar-refractivity contribution in [3.63, 3.8) is 0 Å². The highest BCUT2D eigenvalue weighted by Gasteiger charge is 2.07. The van der Waals surface area contributed by atoms with Crippen LogP contribution in [-0.2, 0) is 6.54 Å². The highest BCUT2D eigenvalue weighted by Crippen LogP contribution is 2.19. The molecule has 0 fully saturated rings. The number of nitrogens with zero attached hydrogens (tertiary/aromatic N) is 1. The standard InChI is InChI=1S/C14H24N2O/c1-3-4-5-6-7-12(2)17-14-11-16-9-8-13(14)10-15/h8-9,11-12H,3-7,10,15H2,1-2H3. The van der Waals surface area contributed by atoms with E-state index >= 15 is 0 Å². The lowest BCUT2D eigenvalue weighted by atomic mass is 10.1. The van der Waals surface area contributed by atoms with E-state index in [0.717, 1.165) is 17.7 Å². The number of hydrogen-bond donors (Lipinski definition) is 1. The summed E-state index contributed by atoms with van der Waals surface area (Å²) in [5.41, 5.74) is 6.69. The van der Waals surface area contributed by atoms with Crippen LogP contribution in [0.2, 0.25) is 0 Å². The van der Waals surface area contributed by atoms with Crippen molar-refractivity contribution in [3.05, 3.63) is 24.0 Å². The zero-order valence-electron chi connectivity index (χ0n) is 11.0. The lowest BCUT2D eigenvalue weighted by molar-refractivity contribution is 0.203. The van der Waals surface area contributed by atoms with Gasteiger partial charge in [0.15, 0.2) is 0 Å². The molecule has 0 aliphatic rings. The molecule has 17 heavy (non-hydrogen) atoms. The summed E-state index contributed by atoms with van der Waals surface area (Å²) in [6, 6.07) is 1.92. The number of hydrogen-bond acceptors (Lipinski definition) is 3. The molecule has 0 aromatic carbocycles. The Balaban J connectivity index is 2.36. The van der Waals surface area contributed by atoms with Crippen molar-refractivity contribution in [1.82, 2.24) is 4.98 Å². The summed E-state index contributed by atoms with van der Waals surface area (Å²) in [4.78, 5) is 4.08. The second kappa shape index (κ2) is 8.07. The molecule has 0 saturated heterocycles. The van der Waals surface area contributed by atoms with Crippen molar-refractivity contribution in [1.29, 1.82) is 0 Å². The van der Waals surface area contributed by atoms with Gasteiger partial charge in [-0.1, -0.05) is 26.2 Å². The maximum absolute atomic E-state index is 5.87. The normalized spacial score (nSPS) is 12.4. The second-order valence-electron chi connectivity index (χ2n) is 4.47. The first-order chi connectivity index (χ1) is 8.27. The second-order valence-corrected chi connectivity index (χ2v) is 4.47. The van der Waals surface area contributed by atoms with Crippen LogP contribution in [0.3, 0.4) is 0 Å². The Kier molecular flexibility index (Phi) is 6.63. The monoisotopic (exact) mass is 236 g/mol. The van der Waals surface area contributed by atoms with Gasteiger partial charge in [-0.3, -0.25) is 4.98 Å². The molecule has 1 heterocycles. The molecular weight excluding hydrogens is 212 g/mol. The summed E-state index contributed by atoms with van der Waals surface area (Å²) in [6.45, 7) is 4.84. The van der Waals surface area contributed by atoms with Gasteiger partial charge in [0, 0.05) is 18.3 Å². The van der Waals surface area contributed by atoms with Gasteiger partial charge in [-0.05, 0) is 25.8 Å². The molecule has 0 amide bonds. The van der Waals surface area contributed by atoms with E-state index in [1.165, 1.54) is 25.7 Å². The molecule has 0 saturated carbocycles. The first kappa shape index (κ1) is 14.0. The van der Waals surface area contributed by atoms with Gasteiger partial charge < -0.3 is 10.5 Å². The number of unbranched alkanes of at least 4 members (excludes halogenated alkanes) is 3. The Morgan fingerprint density at radius 3 is 2.88 bits per heavy atom. The van der Waals surface area contributed by atoms with E-state index in [1.54, 1.807) is 12.4 Å². The summed E-state index contributed by atoms with van der Waals surface area (Å²) >= 11 is 0. The Labute approximate surface area is 104 Å². The zero-order chi connectivity index (χ0) is 12.5. The van der Waals surface area contributed by atoms with Crippen LogP contribution in [0.15, 0.2) is 18.5 Å². The Bertz CT molecular complexity index is 315. The first-order valence-corrected chi connectivity index (χ1v) is 6.57. The molecule has 1 unspecified atom stereocenters. The molecule has 1 aromatic rings. The summed E-state index contributed by atoms with van der Waals surface area (Å²) in [5.74, 6) is 0.831. The van der Waals surface area contributed by atoms with Gasteiger partial charge in [-0.2, -0.15) is 0 Å². The zero-order valence-corrected chi connectivity index (χ0v) is 11.0. The smallest absolute Gasteiger partial charge is 0.142 e. The van der Waals surface area contributed by atoms with Crippen molar-refractivity contribution in [2.24, 2.45) is 5.73 Å². The summed E-state index contributed by atoms with van der Waals surface area (Å²) in [7, 11) is 0. The molecular formula is C14H24N2O. The van der Waals surface area contributed by atoms with E-state index in [1.807, 2.05) is 6.07 Å². The highest BCUT2D eigenvalue weighted by atomic mass is 16.5. The van der Waals surface area contributed by atoms with E-state index in [0.29, 0.717) is 6.54 Å². The van der Waals surface area contributed by atoms with Crippen LogP contribution < -0.4 is 10.5 Å². The molecule has 3 nitrogen and oxygen atoms in total. The van der Waals surface area contributed by atoms with Gasteiger partial charge in [0.05, 0.1) is 12.3 Å². The minimum atomic E-state index is 0.237. The molecule has 0 spiro atoms. The van der Waals surface area contributed by atoms with Crippen molar-refractivity contribution < 1.29 is 4.74 Å². The third-order valence-corrected chi connectivity index (χ3v) is 2.88. The fourth-order valence-electron chi connectivity index (χ4n) is 1.82. The quantitative estimate of drug-likeness (QED) is 0.705. The summed E-state index contributed by atoms with van der Waals surface area (Å²) in [6.07, 6.45) is 9.95. The highest BCUT2D eigenvalue weighted by molar-refractivity contribution is 5.29. The number of rotatable bonds is 8. The molecule has 0 aliphatic heterocycles. The molecule has 1 rings (SSSR count). The number of ether oxygens (including phenoxy) is 1. The summed E-state index contributed by atoms with van der Waals surface area (Å²) in [5, 5.41) is 0. The molecule has 0 radical (unpaired) electrons. The molecule has 1 aromatic heterocycles. The minimum Gasteiger partial charge on any atom is -0.489 e. The van der Waals surface area contributed by atoms with E-state index in [4.69, 9.17) is 10.5 Å². The predicted molar refractivity (Wildman–Crippen MR) is 71.0 cm³/mol. The van der Waals surface area contributed by atoms with Crippen LogP contribution >= 0.6 is 0 Å². The fraction of sp³-hybridized carbons (Fsp3) is 0.643. The summed E-state index contributed by atoms with van der Waals surface area (Å²) < 4.78 is 5.87. The maximum Gasteiger partial charge on any atom is 0.142 e. The molecule has 96 valence electrons.